The first-order chi connectivity index (χ1) is 14.7. The van der Waals surface area contributed by atoms with Crippen molar-refractivity contribution in [3.8, 4) is 16.9 Å². The number of hydrogen-bond acceptors (Lipinski definition) is 5. The molecule has 160 valence electrons. The summed E-state index contributed by atoms with van der Waals surface area (Å²) in [5.74, 6) is -0.122. The largest absolute Gasteiger partial charge is 0.354 e. The average molecular weight is 436 g/mol. The quantitative estimate of drug-likeness (QED) is 0.519. The van der Waals surface area contributed by atoms with Gasteiger partial charge in [-0.25, -0.2) is 9.67 Å². The highest BCUT2D eigenvalue weighted by Gasteiger charge is 2.20. The van der Waals surface area contributed by atoms with Gasteiger partial charge < -0.3 is 5.32 Å². The normalized spacial score (nSPS) is 11.4. The predicted molar refractivity (Wildman–Crippen MR) is 123 cm³/mol. The van der Waals surface area contributed by atoms with Gasteiger partial charge in [0.25, 0.3) is 5.56 Å². The first kappa shape index (κ1) is 21.0. The van der Waals surface area contributed by atoms with Crippen LogP contribution in [-0.2, 0) is 11.2 Å². The summed E-state index contributed by atoms with van der Waals surface area (Å²) in [6, 6.07) is 10.0. The predicted octanol–water partition coefficient (Wildman–Crippen LogP) is 3.60. The number of nitrogens with zero attached hydrogens (tertiary/aromatic N) is 4. The summed E-state index contributed by atoms with van der Waals surface area (Å²) < 4.78 is 3.36. The number of carbonyl (C=O) groups is 1. The molecular weight excluding hydrogens is 410 g/mol. The molecule has 31 heavy (non-hydrogen) atoms. The summed E-state index contributed by atoms with van der Waals surface area (Å²) in [4.78, 5) is 31.0. The van der Waals surface area contributed by atoms with E-state index in [1.807, 2.05) is 75.0 Å². The van der Waals surface area contributed by atoms with E-state index in [2.05, 4.69) is 10.3 Å². The number of carbonyl (C=O) groups excluding carboxylic acids is 1. The number of amides is 1. The number of hydrogen-bond donors (Lipinski definition) is 1. The molecule has 0 saturated heterocycles. The number of aryl methyl sites for hydroxylation is 3. The minimum atomic E-state index is -0.204. The Balaban J connectivity index is 1.80. The zero-order valence-corrected chi connectivity index (χ0v) is 19.1. The molecule has 0 spiro atoms. The topological polar surface area (TPSA) is 81.3 Å². The van der Waals surface area contributed by atoms with Crippen LogP contribution in [0.1, 0.15) is 36.5 Å². The molecule has 0 radical (unpaired) electrons. The maximum absolute atomic E-state index is 13.5. The van der Waals surface area contributed by atoms with Gasteiger partial charge in [0, 0.05) is 22.8 Å². The molecule has 0 saturated carbocycles. The lowest BCUT2D eigenvalue weighted by Gasteiger charge is -2.09. The fourth-order valence-electron chi connectivity index (χ4n) is 3.61. The maximum atomic E-state index is 13.5. The highest BCUT2D eigenvalue weighted by molar-refractivity contribution is 7.15. The molecule has 1 aromatic carbocycles. The van der Waals surface area contributed by atoms with Gasteiger partial charge >= 0.3 is 0 Å². The first-order valence-electron chi connectivity index (χ1n) is 10.2. The molecule has 4 rings (SSSR count). The molecule has 0 aliphatic heterocycles. The van der Waals surface area contributed by atoms with E-state index in [0.29, 0.717) is 27.6 Å². The molecule has 4 aromatic rings. The third-order valence-corrected chi connectivity index (χ3v) is 5.91. The Morgan fingerprint density at radius 1 is 1.16 bits per heavy atom. The second-order valence-corrected chi connectivity index (χ2v) is 8.88. The lowest BCUT2D eigenvalue weighted by molar-refractivity contribution is -0.120. The Kier molecular flexibility index (Phi) is 5.49. The highest BCUT2D eigenvalue weighted by Crippen LogP contribution is 2.23. The van der Waals surface area contributed by atoms with Gasteiger partial charge in [0.05, 0.1) is 23.4 Å². The van der Waals surface area contributed by atoms with Gasteiger partial charge in [-0.3, -0.25) is 14.0 Å². The Morgan fingerprint density at radius 3 is 2.55 bits per heavy atom. The standard InChI is InChI=1S/C23H25N5O2S/c1-13(2)24-20(29)11-18-12-31-23-25-16(5)21(22(30)27(18)23)19-10-15(4)28(26-19)17-8-6-14(3)7-9-17/h6-10,12-13H,11H2,1-5H3,(H,24,29). The molecule has 3 heterocycles. The van der Waals surface area contributed by atoms with Crippen molar-refractivity contribution in [2.45, 2.75) is 47.1 Å². The van der Waals surface area contributed by atoms with Gasteiger partial charge in [-0.05, 0) is 52.8 Å². The van der Waals surface area contributed by atoms with Crippen molar-refractivity contribution in [1.29, 1.82) is 0 Å². The summed E-state index contributed by atoms with van der Waals surface area (Å²) in [5.41, 5.74) is 5.10. The van der Waals surface area contributed by atoms with Crippen LogP contribution in [0.15, 0.2) is 40.5 Å². The number of thiazole rings is 1. The fourth-order valence-corrected chi connectivity index (χ4v) is 4.53. The van der Waals surface area contributed by atoms with Gasteiger partial charge in [-0.2, -0.15) is 5.10 Å². The van der Waals surface area contributed by atoms with Crippen molar-refractivity contribution in [2.75, 3.05) is 0 Å². The van der Waals surface area contributed by atoms with E-state index in [0.717, 1.165) is 11.4 Å². The number of benzene rings is 1. The number of rotatable bonds is 5. The molecular formula is C23H25N5O2S. The monoisotopic (exact) mass is 435 g/mol. The van der Waals surface area contributed by atoms with Crippen LogP contribution in [0.25, 0.3) is 21.9 Å². The Hall–Kier alpha value is -3.26. The molecule has 0 unspecified atom stereocenters. The first-order valence-corrected chi connectivity index (χ1v) is 11.1. The van der Waals surface area contributed by atoms with E-state index in [-0.39, 0.29) is 23.9 Å². The summed E-state index contributed by atoms with van der Waals surface area (Å²) in [6.07, 6.45) is 0.124. The van der Waals surface area contributed by atoms with Gasteiger partial charge in [0.1, 0.15) is 5.69 Å². The SMILES string of the molecule is Cc1ccc(-n2nc(-c3c(C)nc4scc(CC(=O)NC(C)C)n4c3=O)cc2C)cc1. The van der Waals surface area contributed by atoms with Crippen LogP contribution in [0.3, 0.4) is 0 Å². The minimum absolute atomic E-state index is 0.0405. The molecule has 0 aliphatic rings. The van der Waals surface area contributed by atoms with E-state index in [4.69, 9.17) is 5.10 Å². The Labute approximate surface area is 184 Å². The van der Waals surface area contributed by atoms with Crippen LogP contribution in [0, 0.1) is 20.8 Å². The number of aromatic nitrogens is 4. The third-order valence-electron chi connectivity index (χ3n) is 5.03. The molecule has 1 N–H and O–H groups in total. The van der Waals surface area contributed by atoms with Crippen LogP contribution >= 0.6 is 11.3 Å². The lowest BCUT2D eigenvalue weighted by Crippen LogP contribution is -2.32. The summed E-state index contributed by atoms with van der Waals surface area (Å²) in [5, 5.41) is 9.40. The van der Waals surface area contributed by atoms with E-state index in [1.54, 1.807) is 0 Å². The molecule has 8 heteroatoms. The van der Waals surface area contributed by atoms with Gasteiger partial charge in [0.15, 0.2) is 4.96 Å². The van der Waals surface area contributed by atoms with Crippen LogP contribution in [0.5, 0.6) is 0 Å². The van der Waals surface area contributed by atoms with E-state index in [9.17, 15) is 9.59 Å². The molecule has 7 nitrogen and oxygen atoms in total. The molecule has 1 amide bonds. The lowest BCUT2D eigenvalue weighted by atomic mass is 10.1. The van der Waals surface area contributed by atoms with Crippen LogP contribution in [-0.4, -0.2) is 31.1 Å². The van der Waals surface area contributed by atoms with Crippen LogP contribution in [0.2, 0.25) is 0 Å². The summed E-state index contributed by atoms with van der Waals surface area (Å²) in [6.45, 7) is 9.64. The summed E-state index contributed by atoms with van der Waals surface area (Å²) >= 11 is 1.36. The molecule has 0 fully saturated rings. The molecule has 3 aromatic heterocycles. The van der Waals surface area contributed by atoms with E-state index in [1.165, 1.54) is 21.3 Å². The summed E-state index contributed by atoms with van der Waals surface area (Å²) in [7, 11) is 0. The second-order valence-electron chi connectivity index (χ2n) is 8.04. The molecule has 0 bridgehead atoms. The number of fused-ring (bicyclic) bond motifs is 1. The van der Waals surface area contributed by atoms with Gasteiger partial charge in [-0.15, -0.1) is 11.3 Å². The van der Waals surface area contributed by atoms with E-state index < -0.39 is 0 Å². The van der Waals surface area contributed by atoms with Crippen molar-refractivity contribution in [3.05, 3.63) is 68.7 Å². The molecule has 0 aliphatic carbocycles. The van der Waals surface area contributed by atoms with Crippen molar-refractivity contribution in [3.63, 3.8) is 0 Å². The fraction of sp³-hybridized carbons (Fsp3) is 0.304. The molecule has 0 atom stereocenters. The van der Waals surface area contributed by atoms with Crippen molar-refractivity contribution in [1.82, 2.24) is 24.5 Å². The van der Waals surface area contributed by atoms with Crippen molar-refractivity contribution < 1.29 is 4.79 Å². The minimum Gasteiger partial charge on any atom is -0.354 e. The van der Waals surface area contributed by atoms with Crippen molar-refractivity contribution in [2.24, 2.45) is 0 Å². The second kappa shape index (κ2) is 8.11. The zero-order chi connectivity index (χ0) is 22.3. The average Bonchev–Trinajstić information content (AvgIpc) is 3.25. The van der Waals surface area contributed by atoms with Gasteiger partial charge in [0.2, 0.25) is 5.91 Å². The smallest absolute Gasteiger partial charge is 0.268 e. The van der Waals surface area contributed by atoms with Crippen LogP contribution in [0.4, 0.5) is 0 Å². The number of nitrogens with one attached hydrogen (secondary N) is 1. The Morgan fingerprint density at radius 2 is 1.87 bits per heavy atom. The Bertz CT molecular complexity index is 1330. The van der Waals surface area contributed by atoms with Crippen molar-refractivity contribution >= 4 is 22.2 Å². The van der Waals surface area contributed by atoms with E-state index >= 15 is 0 Å². The van der Waals surface area contributed by atoms with Crippen LogP contribution < -0.4 is 10.9 Å². The third kappa shape index (κ3) is 4.03. The highest BCUT2D eigenvalue weighted by atomic mass is 32.1. The van der Waals surface area contributed by atoms with Gasteiger partial charge in [-0.1, -0.05) is 17.7 Å². The maximum Gasteiger partial charge on any atom is 0.268 e. The zero-order valence-electron chi connectivity index (χ0n) is 18.3.